The highest BCUT2D eigenvalue weighted by molar-refractivity contribution is 5.91. The maximum absolute atomic E-state index is 13.2. The third kappa shape index (κ3) is 3.24. The van der Waals surface area contributed by atoms with Gasteiger partial charge in [0, 0.05) is 13.1 Å². The van der Waals surface area contributed by atoms with Gasteiger partial charge in [-0.15, -0.1) is 0 Å². The molecule has 0 bridgehead atoms. The number of benzene rings is 1. The molecular weight excluding hydrogens is 259 g/mol. The first-order valence-corrected chi connectivity index (χ1v) is 6.46. The molecule has 0 saturated heterocycles. The maximum Gasteiger partial charge on any atom is 0.289 e. The van der Waals surface area contributed by atoms with Gasteiger partial charge in [-0.05, 0) is 36.8 Å². The summed E-state index contributed by atoms with van der Waals surface area (Å²) in [7, 11) is 0. The van der Waals surface area contributed by atoms with E-state index in [-0.39, 0.29) is 24.0 Å². The van der Waals surface area contributed by atoms with Crippen molar-refractivity contribution in [2.75, 3.05) is 6.54 Å². The van der Waals surface area contributed by atoms with E-state index in [2.05, 4.69) is 0 Å². The predicted molar refractivity (Wildman–Crippen MR) is 73.4 cm³/mol. The zero-order valence-electron chi connectivity index (χ0n) is 11.3. The Balaban J connectivity index is 2.13. The Bertz CT molecular complexity index is 595. The van der Waals surface area contributed by atoms with Gasteiger partial charge in [0.15, 0.2) is 5.76 Å². The fourth-order valence-corrected chi connectivity index (χ4v) is 1.94. The average Bonchev–Trinajstić information content (AvgIpc) is 2.93. The van der Waals surface area contributed by atoms with Crippen LogP contribution >= 0.6 is 0 Å². The fraction of sp³-hybridized carbons (Fsp3) is 0.267. The van der Waals surface area contributed by atoms with Gasteiger partial charge >= 0.3 is 0 Å². The van der Waals surface area contributed by atoms with Crippen molar-refractivity contribution in [2.45, 2.75) is 20.0 Å². The van der Waals surface area contributed by atoms with Crippen LogP contribution in [0.2, 0.25) is 0 Å². The number of furan rings is 1. The van der Waals surface area contributed by atoms with Crippen LogP contribution in [0.1, 0.15) is 28.8 Å². The smallest absolute Gasteiger partial charge is 0.289 e. The van der Waals surface area contributed by atoms with Crippen LogP contribution in [0.4, 0.5) is 4.39 Å². The summed E-state index contributed by atoms with van der Waals surface area (Å²) in [6.45, 7) is 2.97. The lowest BCUT2D eigenvalue weighted by molar-refractivity contribution is 0.0718. The molecule has 0 aliphatic carbocycles. The van der Waals surface area contributed by atoms with Crippen LogP contribution in [0.3, 0.4) is 0 Å². The minimum atomic E-state index is -0.311. The number of carbonyl (C=O) groups excluding carboxylic acids is 1. The lowest BCUT2D eigenvalue weighted by Gasteiger charge is -2.19. The van der Waals surface area contributed by atoms with Gasteiger partial charge in [-0.25, -0.2) is 4.39 Å². The summed E-state index contributed by atoms with van der Waals surface area (Å²) in [5.74, 6) is 0.282. The van der Waals surface area contributed by atoms with Gasteiger partial charge in [-0.1, -0.05) is 12.1 Å². The second kappa shape index (κ2) is 6.34. The molecule has 0 aliphatic rings. The molecule has 0 unspecified atom stereocenters. The Morgan fingerprint density at radius 2 is 2.15 bits per heavy atom. The average molecular weight is 276 g/mol. The first-order valence-electron chi connectivity index (χ1n) is 6.46. The van der Waals surface area contributed by atoms with E-state index >= 15 is 0 Å². The third-order valence-electron chi connectivity index (χ3n) is 3.01. The van der Waals surface area contributed by atoms with Crippen molar-refractivity contribution in [3.8, 4) is 0 Å². The monoisotopic (exact) mass is 276 g/mol. The topological polar surface area (TPSA) is 59.5 Å². The molecule has 1 aromatic heterocycles. The lowest BCUT2D eigenvalue weighted by atomic mass is 10.2. The number of rotatable bonds is 5. The van der Waals surface area contributed by atoms with E-state index in [9.17, 15) is 9.18 Å². The molecule has 106 valence electrons. The van der Waals surface area contributed by atoms with Crippen LogP contribution in [0.25, 0.3) is 0 Å². The molecule has 0 atom stereocenters. The molecule has 2 N–H and O–H groups in total. The quantitative estimate of drug-likeness (QED) is 0.913. The molecule has 0 saturated carbocycles. The van der Waals surface area contributed by atoms with Crippen molar-refractivity contribution in [1.82, 2.24) is 4.90 Å². The highest BCUT2D eigenvalue weighted by Crippen LogP contribution is 2.13. The van der Waals surface area contributed by atoms with Crippen LogP contribution < -0.4 is 5.73 Å². The molecule has 0 spiro atoms. The van der Waals surface area contributed by atoms with E-state index in [0.29, 0.717) is 18.8 Å². The molecular formula is C15H17FN2O2. The Labute approximate surface area is 117 Å². The van der Waals surface area contributed by atoms with E-state index in [1.807, 2.05) is 6.92 Å². The first-order chi connectivity index (χ1) is 9.63. The van der Waals surface area contributed by atoms with E-state index < -0.39 is 0 Å². The van der Waals surface area contributed by atoms with Gasteiger partial charge in [-0.3, -0.25) is 4.79 Å². The van der Waals surface area contributed by atoms with Crippen LogP contribution in [-0.2, 0) is 13.1 Å². The highest BCUT2D eigenvalue weighted by atomic mass is 19.1. The number of nitrogens with zero attached hydrogens (tertiary/aromatic N) is 1. The van der Waals surface area contributed by atoms with Gasteiger partial charge in [0.2, 0.25) is 0 Å². The Morgan fingerprint density at radius 1 is 1.35 bits per heavy atom. The Kier molecular flexibility index (Phi) is 4.53. The number of amides is 1. The second-order valence-corrected chi connectivity index (χ2v) is 4.42. The molecule has 2 aromatic rings. The SMILES string of the molecule is CCN(Cc1cccc(F)c1)C(=O)c1ccc(CN)o1. The van der Waals surface area contributed by atoms with Crippen molar-refractivity contribution in [1.29, 1.82) is 0 Å². The number of halogens is 1. The number of carbonyl (C=O) groups is 1. The third-order valence-corrected chi connectivity index (χ3v) is 3.01. The lowest BCUT2D eigenvalue weighted by Crippen LogP contribution is -2.30. The van der Waals surface area contributed by atoms with Gasteiger partial charge in [0.05, 0.1) is 6.54 Å². The largest absolute Gasteiger partial charge is 0.455 e. The van der Waals surface area contributed by atoms with E-state index in [1.54, 1.807) is 29.2 Å². The molecule has 0 fully saturated rings. The molecule has 0 radical (unpaired) electrons. The van der Waals surface area contributed by atoms with Crippen molar-refractivity contribution in [3.05, 3.63) is 59.3 Å². The molecule has 2 rings (SSSR count). The summed E-state index contributed by atoms with van der Waals surface area (Å²) in [6.07, 6.45) is 0. The number of hydrogen-bond acceptors (Lipinski definition) is 3. The number of hydrogen-bond donors (Lipinski definition) is 1. The normalized spacial score (nSPS) is 10.6. The zero-order valence-corrected chi connectivity index (χ0v) is 11.3. The first kappa shape index (κ1) is 14.3. The van der Waals surface area contributed by atoms with Gasteiger partial charge in [0.25, 0.3) is 5.91 Å². The van der Waals surface area contributed by atoms with Gasteiger partial charge in [-0.2, -0.15) is 0 Å². The molecule has 4 nitrogen and oxygen atoms in total. The fourth-order valence-electron chi connectivity index (χ4n) is 1.94. The Morgan fingerprint density at radius 3 is 2.75 bits per heavy atom. The molecule has 5 heteroatoms. The zero-order chi connectivity index (χ0) is 14.5. The molecule has 1 heterocycles. The van der Waals surface area contributed by atoms with E-state index in [0.717, 1.165) is 5.56 Å². The molecule has 1 amide bonds. The standard InChI is InChI=1S/C15H17FN2O2/c1-2-18(10-11-4-3-5-12(16)8-11)15(19)14-7-6-13(9-17)20-14/h3-8H,2,9-10,17H2,1H3. The summed E-state index contributed by atoms with van der Waals surface area (Å²) >= 11 is 0. The van der Waals surface area contributed by atoms with Crippen molar-refractivity contribution < 1.29 is 13.6 Å². The van der Waals surface area contributed by atoms with Crippen molar-refractivity contribution in [3.63, 3.8) is 0 Å². The van der Waals surface area contributed by atoms with Gasteiger partial charge < -0.3 is 15.1 Å². The summed E-state index contributed by atoms with van der Waals surface area (Å²) in [5, 5.41) is 0. The van der Waals surface area contributed by atoms with Crippen molar-refractivity contribution in [2.24, 2.45) is 5.73 Å². The molecule has 1 aromatic carbocycles. The minimum absolute atomic E-state index is 0.225. The minimum Gasteiger partial charge on any atom is -0.455 e. The molecule has 0 aliphatic heterocycles. The Hall–Kier alpha value is -2.14. The van der Waals surface area contributed by atoms with E-state index in [1.165, 1.54) is 12.1 Å². The van der Waals surface area contributed by atoms with Crippen LogP contribution in [0, 0.1) is 5.82 Å². The van der Waals surface area contributed by atoms with E-state index in [4.69, 9.17) is 10.2 Å². The summed E-state index contributed by atoms with van der Waals surface area (Å²) in [4.78, 5) is 13.9. The number of nitrogens with two attached hydrogens (primary N) is 1. The highest BCUT2D eigenvalue weighted by Gasteiger charge is 2.18. The summed E-state index contributed by atoms with van der Waals surface area (Å²) in [6, 6.07) is 9.50. The van der Waals surface area contributed by atoms with Crippen LogP contribution in [-0.4, -0.2) is 17.4 Å². The summed E-state index contributed by atoms with van der Waals surface area (Å²) in [5.41, 5.74) is 6.19. The predicted octanol–water partition coefficient (Wildman–Crippen LogP) is 2.54. The van der Waals surface area contributed by atoms with Gasteiger partial charge in [0.1, 0.15) is 11.6 Å². The van der Waals surface area contributed by atoms with Crippen molar-refractivity contribution >= 4 is 5.91 Å². The second-order valence-electron chi connectivity index (χ2n) is 4.42. The van der Waals surface area contributed by atoms with Crippen LogP contribution in [0.5, 0.6) is 0 Å². The van der Waals surface area contributed by atoms with Crippen LogP contribution in [0.15, 0.2) is 40.8 Å². The maximum atomic E-state index is 13.2. The molecule has 20 heavy (non-hydrogen) atoms. The summed E-state index contributed by atoms with van der Waals surface area (Å²) < 4.78 is 18.5.